The normalized spacial score (nSPS) is 13.0. The average molecular weight is 424 g/mol. The van der Waals surface area contributed by atoms with Gasteiger partial charge in [0.1, 0.15) is 5.75 Å². The molecule has 0 aliphatic carbocycles. The van der Waals surface area contributed by atoms with Crippen LogP contribution in [0.1, 0.15) is 40.2 Å². The Morgan fingerprint density at radius 1 is 1.04 bits per heavy atom. The number of hydrogen-bond donors (Lipinski definition) is 2. The van der Waals surface area contributed by atoms with E-state index in [1.807, 2.05) is 0 Å². The summed E-state index contributed by atoms with van der Waals surface area (Å²) in [5, 5.41) is 5.03. The van der Waals surface area contributed by atoms with Crippen molar-refractivity contribution >= 4 is 21.9 Å². The number of rotatable bonds is 6. The van der Waals surface area contributed by atoms with E-state index in [4.69, 9.17) is 0 Å². The van der Waals surface area contributed by atoms with Gasteiger partial charge in [-0.2, -0.15) is 21.6 Å². The van der Waals surface area contributed by atoms with Gasteiger partial charge in [-0.15, -0.1) is 0 Å². The van der Waals surface area contributed by atoms with Crippen LogP contribution in [-0.2, 0) is 25.1 Å². The number of carbonyl (C=O) groups excluding carboxylic acids is 2. The molecule has 0 fully saturated rings. The second-order valence-electron chi connectivity index (χ2n) is 7.59. The third-order valence-corrected chi connectivity index (χ3v) is 4.50. The highest BCUT2D eigenvalue weighted by Gasteiger charge is 2.49. The molecular weight excluding hydrogens is 401 g/mol. The summed E-state index contributed by atoms with van der Waals surface area (Å²) in [6, 6.07) is 4.98. The van der Waals surface area contributed by atoms with E-state index < -0.39 is 44.1 Å². The number of amides is 2. The van der Waals surface area contributed by atoms with Crippen molar-refractivity contribution in [3.63, 3.8) is 0 Å². The fourth-order valence-electron chi connectivity index (χ4n) is 2.19. The standard InChI is InChI=1S/C17H23F3N2O5S/c1-15(2,3)22-13(23)10-21-14(24)16(4,5)11-8-6-7-9-12(11)27-28(25,26)17(18,19)20/h6-9H,10H2,1-5H3,(H,21,24)(H,22,23). The first-order chi connectivity index (χ1) is 12.5. The van der Waals surface area contributed by atoms with Crippen LogP contribution in [0.25, 0.3) is 0 Å². The fourth-order valence-corrected chi connectivity index (χ4v) is 2.66. The SMILES string of the molecule is CC(C)(C)NC(=O)CNC(=O)C(C)(C)c1ccccc1OS(=O)(=O)C(F)(F)F. The quantitative estimate of drug-likeness (QED) is 0.539. The molecular formula is C17H23F3N2O5S. The Morgan fingerprint density at radius 2 is 1.57 bits per heavy atom. The molecule has 158 valence electrons. The van der Waals surface area contributed by atoms with Crippen LogP contribution >= 0.6 is 0 Å². The molecule has 0 aliphatic rings. The summed E-state index contributed by atoms with van der Waals surface area (Å²) in [6.07, 6.45) is 0. The maximum atomic E-state index is 12.6. The molecule has 1 aromatic rings. The van der Waals surface area contributed by atoms with E-state index in [2.05, 4.69) is 14.8 Å². The van der Waals surface area contributed by atoms with E-state index in [1.165, 1.54) is 32.0 Å². The molecule has 1 aromatic carbocycles. The van der Waals surface area contributed by atoms with Gasteiger partial charge in [0, 0.05) is 11.1 Å². The largest absolute Gasteiger partial charge is 0.534 e. The van der Waals surface area contributed by atoms with E-state index in [0.29, 0.717) is 0 Å². The number of hydrogen-bond acceptors (Lipinski definition) is 5. The maximum Gasteiger partial charge on any atom is 0.534 e. The second kappa shape index (κ2) is 7.98. The van der Waals surface area contributed by atoms with Gasteiger partial charge in [0.05, 0.1) is 12.0 Å². The van der Waals surface area contributed by atoms with Crippen molar-refractivity contribution in [2.75, 3.05) is 6.54 Å². The van der Waals surface area contributed by atoms with Gasteiger partial charge in [-0.1, -0.05) is 18.2 Å². The predicted octanol–water partition coefficient (Wildman–Crippen LogP) is 2.22. The summed E-state index contributed by atoms with van der Waals surface area (Å²) in [7, 11) is -5.90. The highest BCUT2D eigenvalue weighted by atomic mass is 32.2. The molecule has 0 heterocycles. The predicted molar refractivity (Wildman–Crippen MR) is 96.0 cm³/mol. The van der Waals surface area contributed by atoms with Gasteiger partial charge >= 0.3 is 15.6 Å². The molecule has 0 saturated heterocycles. The Labute approximate surface area is 161 Å². The van der Waals surface area contributed by atoms with Gasteiger partial charge < -0.3 is 14.8 Å². The first kappa shape index (κ1) is 23.7. The first-order valence-corrected chi connectivity index (χ1v) is 9.58. The van der Waals surface area contributed by atoms with Crippen LogP contribution in [0.2, 0.25) is 0 Å². The Morgan fingerprint density at radius 3 is 2.07 bits per heavy atom. The molecule has 1 rings (SSSR count). The molecule has 2 N–H and O–H groups in total. The van der Waals surface area contributed by atoms with E-state index in [1.54, 1.807) is 20.8 Å². The molecule has 0 aromatic heterocycles. The Balaban J connectivity index is 3.06. The molecule has 0 atom stereocenters. The minimum Gasteiger partial charge on any atom is -0.376 e. The van der Waals surface area contributed by atoms with Crippen molar-refractivity contribution in [3.05, 3.63) is 29.8 Å². The zero-order valence-corrected chi connectivity index (χ0v) is 16.9. The van der Waals surface area contributed by atoms with Crippen molar-refractivity contribution in [2.45, 2.75) is 51.1 Å². The van der Waals surface area contributed by atoms with Crippen LogP contribution in [0.4, 0.5) is 13.2 Å². The summed E-state index contributed by atoms with van der Waals surface area (Å²) in [5.74, 6) is -1.78. The number of carbonyl (C=O) groups is 2. The summed E-state index contributed by atoms with van der Waals surface area (Å²) in [4.78, 5) is 24.4. The fraction of sp³-hybridized carbons (Fsp3) is 0.529. The van der Waals surface area contributed by atoms with Gasteiger partial charge in [-0.05, 0) is 40.7 Å². The van der Waals surface area contributed by atoms with Crippen molar-refractivity contribution in [1.82, 2.24) is 10.6 Å². The minimum atomic E-state index is -5.90. The smallest absolute Gasteiger partial charge is 0.376 e. The molecule has 0 unspecified atom stereocenters. The van der Waals surface area contributed by atoms with Crippen LogP contribution in [-0.4, -0.2) is 37.8 Å². The molecule has 0 aliphatic heterocycles. The van der Waals surface area contributed by atoms with E-state index in [0.717, 1.165) is 6.07 Å². The topological polar surface area (TPSA) is 102 Å². The average Bonchev–Trinajstić information content (AvgIpc) is 2.49. The van der Waals surface area contributed by atoms with Gasteiger partial charge in [-0.3, -0.25) is 9.59 Å². The third-order valence-electron chi connectivity index (χ3n) is 3.53. The van der Waals surface area contributed by atoms with Gasteiger partial charge in [0.15, 0.2) is 0 Å². The number of halogens is 3. The van der Waals surface area contributed by atoms with Crippen LogP contribution < -0.4 is 14.8 Å². The minimum absolute atomic E-state index is 0.0865. The molecule has 0 spiro atoms. The molecule has 7 nitrogen and oxygen atoms in total. The van der Waals surface area contributed by atoms with Crippen molar-refractivity contribution in [2.24, 2.45) is 0 Å². The molecule has 28 heavy (non-hydrogen) atoms. The van der Waals surface area contributed by atoms with E-state index >= 15 is 0 Å². The summed E-state index contributed by atoms with van der Waals surface area (Å²) >= 11 is 0. The van der Waals surface area contributed by atoms with E-state index in [-0.39, 0.29) is 12.1 Å². The summed E-state index contributed by atoms with van der Waals surface area (Å²) in [5.41, 5.74) is -7.70. The van der Waals surface area contributed by atoms with Crippen LogP contribution in [0.5, 0.6) is 5.75 Å². The second-order valence-corrected chi connectivity index (χ2v) is 9.12. The van der Waals surface area contributed by atoms with Gasteiger partial charge in [0.2, 0.25) is 11.8 Å². The Kier molecular flexibility index (Phi) is 6.76. The van der Waals surface area contributed by atoms with Crippen LogP contribution in [0.3, 0.4) is 0 Å². The number of benzene rings is 1. The molecule has 0 saturated carbocycles. The van der Waals surface area contributed by atoms with Crippen molar-refractivity contribution < 1.29 is 35.4 Å². The Hall–Kier alpha value is -2.30. The molecule has 0 bridgehead atoms. The summed E-state index contributed by atoms with van der Waals surface area (Å²) < 4.78 is 64.7. The van der Waals surface area contributed by atoms with Crippen molar-refractivity contribution in [1.29, 1.82) is 0 Å². The number of alkyl halides is 3. The summed E-state index contributed by atoms with van der Waals surface area (Å²) in [6.45, 7) is 7.64. The lowest BCUT2D eigenvalue weighted by Gasteiger charge is -2.27. The lowest BCUT2D eigenvalue weighted by atomic mass is 9.83. The highest BCUT2D eigenvalue weighted by Crippen LogP contribution is 2.35. The first-order valence-electron chi connectivity index (χ1n) is 8.17. The molecule has 0 radical (unpaired) electrons. The molecule has 11 heteroatoms. The highest BCUT2D eigenvalue weighted by molar-refractivity contribution is 7.88. The van der Waals surface area contributed by atoms with Crippen LogP contribution in [0, 0.1) is 0 Å². The number of nitrogens with one attached hydrogen (secondary N) is 2. The van der Waals surface area contributed by atoms with Crippen LogP contribution in [0.15, 0.2) is 24.3 Å². The lowest BCUT2D eigenvalue weighted by Crippen LogP contribution is -2.48. The lowest BCUT2D eigenvalue weighted by molar-refractivity contribution is -0.129. The Bertz CT molecular complexity index is 843. The monoisotopic (exact) mass is 424 g/mol. The third kappa shape index (κ3) is 6.11. The van der Waals surface area contributed by atoms with E-state index in [9.17, 15) is 31.2 Å². The zero-order valence-electron chi connectivity index (χ0n) is 16.1. The zero-order chi connectivity index (χ0) is 22.0. The maximum absolute atomic E-state index is 12.6. The van der Waals surface area contributed by atoms with Crippen molar-refractivity contribution in [3.8, 4) is 5.75 Å². The number of para-hydroxylation sites is 1. The molecule has 2 amide bonds. The van der Waals surface area contributed by atoms with Gasteiger partial charge in [0.25, 0.3) is 0 Å². The van der Waals surface area contributed by atoms with Gasteiger partial charge in [-0.25, -0.2) is 0 Å².